The summed E-state index contributed by atoms with van der Waals surface area (Å²) in [5, 5.41) is 11.9. The molecule has 1 aliphatic rings. The van der Waals surface area contributed by atoms with E-state index in [0.717, 1.165) is 22.6 Å². The van der Waals surface area contributed by atoms with E-state index in [0.29, 0.717) is 16.6 Å². The van der Waals surface area contributed by atoms with Crippen molar-refractivity contribution in [1.29, 1.82) is 0 Å². The summed E-state index contributed by atoms with van der Waals surface area (Å²) >= 11 is 7.32. The van der Waals surface area contributed by atoms with Crippen molar-refractivity contribution >= 4 is 55.4 Å². The molecule has 1 aliphatic heterocycles. The predicted octanol–water partition coefficient (Wildman–Crippen LogP) is 3.43. The van der Waals surface area contributed by atoms with Crippen LogP contribution >= 0.6 is 22.9 Å². The molecule has 8 nitrogen and oxygen atoms in total. The van der Waals surface area contributed by atoms with E-state index in [-0.39, 0.29) is 28.3 Å². The lowest BCUT2D eigenvalue weighted by atomic mass is 10.1. The molecule has 1 saturated heterocycles. The molecule has 1 N–H and O–H groups in total. The maximum atomic E-state index is 12.5. The molecular weight excluding hydrogens is 472 g/mol. The van der Waals surface area contributed by atoms with Gasteiger partial charge in [0.05, 0.1) is 4.90 Å². The Labute approximate surface area is 194 Å². The largest absolute Gasteiger partial charge is 0.312 e. The van der Waals surface area contributed by atoms with E-state index in [9.17, 15) is 18.0 Å². The number of hydrogen-bond donors (Lipinski definition) is 1. The Balaban J connectivity index is 1.41. The number of nitrogens with zero attached hydrogens (tertiary/aromatic N) is 3. The van der Waals surface area contributed by atoms with Crippen LogP contribution in [0.2, 0.25) is 5.02 Å². The van der Waals surface area contributed by atoms with Gasteiger partial charge in [-0.15, -0.1) is 10.2 Å². The third-order valence-corrected chi connectivity index (χ3v) is 8.09. The van der Waals surface area contributed by atoms with Crippen molar-refractivity contribution in [3.8, 4) is 0 Å². The summed E-state index contributed by atoms with van der Waals surface area (Å²) in [6, 6.07) is 13.2. The Hall–Kier alpha value is -2.82. The highest BCUT2D eigenvalue weighted by Gasteiger charge is 2.34. The minimum Gasteiger partial charge on any atom is -0.312 e. The molecule has 1 fully saturated rings. The van der Waals surface area contributed by atoms with Gasteiger partial charge in [0, 0.05) is 29.6 Å². The van der Waals surface area contributed by atoms with Crippen LogP contribution < -0.4 is 10.2 Å². The average molecular weight is 491 g/mol. The van der Waals surface area contributed by atoms with Crippen molar-refractivity contribution < 1.29 is 18.0 Å². The first kappa shape index (κ1) is 22.4. The van der Waals surface area contributed by atoms with Crippen LogP contribution in [0.15, 0.2) is 53.4 Å². The Morgan fingerprint density at radius 1 is 1.22 bits per heavy atom. The lowest BCUT2D eigenvalue weighted by molar-refractivity contribution is -0.117. The second-order valence-electron chi connectivity index (χ2n) is 7.40. The standard InChI is InChI=1S/C21H19ClN4O4S2/c1-13-7-8-15(10-17(13)22)26-11-14(9-19(26)28)20-24-25-21(31-20)23-18(27)12-32(29,30)16-5-3-2-4-6-16/h2-8,10,14H,9,11-12H2,1H3,(H,23,25,27). The van der Waals surface area contributed by atoms with Crippen molar-refractivity contribution in [2.75, 3.05) is 22.5 Å². The van der Waals surface area contributed by atoms with Crippen LogP contribution in [-0.4, -0.2) is 42.7 Å². The highest BCUT2D eigenvalue weighted by Crippen LogP contribution is 2.35. The number of nitrogens with one attached hydrogen (secondary N) is 1. The monoisotopic (exact) mass is 490 g/mol. The lowest BCUT2D eigenvalue weighted by Crippen LogP contribution is -2.24. The first-order chi connectivity index (χ1) is 15.2. The highest BCUT2D eigenvalue weighted by molar-refractivity contribution is 7.92. The summed E-state index contributed by atoms with van der Waals surface area (Å²) in [6.45, 7) is 2.31. The minimum absolute atomic E-state index is 0.0512. The molecule has 11 heteroatoms. The number of halogens is 1. The fourth-order valence-corrected chi connectivity index (χ4v) is 5.54. The van der Waals surface area contributed by atoms with Crippen molar-refractivity contribution in [3.63, 3.8) is 0 Å². The second kappa shape index (κ2) is 8.97. The molecule has 32 heavy (non-hydrogen) atoms. The molecular formula is C21H19ClN4O4S2. The molecule has 3 aromatic rings. The molecule has 1 aromatic heterocycles. The zero-order chi connectivity index (χ0) is 22.9. The maximum absolute atomic E-state index is 12.5. The van der Waals surface area contributed by atoms with E-state index < -0.39 is 21.5 Å². The van der Waals surface area contributed by atoms with E-state index in [1.165, 1.54) is 12.1 Å². The predicted molar refractivity (Wildman–Crippen MR) is 123 cm³/mol. The summed E-state index contributed by atoms with van der Waals surface area (Å²) < 4.78 is 24.7. The van der Waals surface area contributed by atoms with Gasteiger partial charge in [0.2, 0.25) is 16.9 Å². The van der Waals surface area contributed by atoms with Crippen LogP contribution in [-0.2, 0) is 19.4 Å². The fourth-order valence-electron chi connectivity index (χ4n) is 3.36. The average Bonchev–Trinajstić information content (AvgIpc) is 3.37. The van der Waals surface area contributed by atoms with E-state index in [2.05, 4.69) is 15.5 Å². The lowest BCUT2D eigenvalue weighted by Gasteiger charge is -2.17. The Kier molecular flexibility index (Phi) is 6.27. The van der Waals surface area contributed by atoms with Gasteiger partial charge < -0.3 is 4.90 Å². The maximum Gasteiger partial charge on any atom is 0.241 e. The van der Waals surface area contributed by atoms with Gasteiger partial charge in [-0.05, 0) is 36.8 Å². The van der Waals surface area contributed by atoms with Crippen LogP contribution in [0.5, 0.6) is 0 Å². The van der Waals surface area contributed by atoms with Gasteiger partial charge in [-0.2, -0.15) is 0 Å². The number of aromatic nitrogens is 2. The number of rotatable bonds is 6. The van der Waals surface area contributed by atoms with Gasteiger partial charge in [0.15, 0.2) is 9.84 Å². The van der Waals surface area contributed by atoms with Crippen LogP contribution in [0.3, 0.4) is 0 Å². The molecule has 1 unspecified atom stereocenters. The number of sulfone groups is 1. The summed E-state index contributed by atoms with van der Waals surface area (Å²) in [5.41, 5.74) is 1.65. The van der Waals surface area contributed by atoms with Gasteiger partial charge in [-0.1, -0.05) is 47.2 Å². The summed E-state index contributed by atoms with van der Waals surface area (Å²) in [7, 11) is -3.76. The number of carbonyl (C=O) groups excluding carboxylic acids is 2. The fraction of sp³-hybridized carbons (Fsp3) is 0.238. The van der Waals surface area contributed by atoms with Crippen molar-refractivity contribution in [2.24, 2.45) is 0 Å². The Bertz CT molecular complexity index is 1280. The van der Waals surface area contributed by atoms with E-state index in [4.69, 9.17) is 11.6 Å². The van der Waals surface area contributed by atoms with Crippen molar-refractivity contribution in [2.45, 2.75) is 24.2 Å². The van der Waals surface area contributed by atoms with Gasteiger partial charge >= 0.3 is 0 Å². The van der Waals surface area contributed by atoms with Crippen LogP contribution in [0, 0.1) is 6.92 Å². The Morgan fingerprint density at radius 2 is 1.97 bits per heavy atom. The first-order valence-corrected chi connectivity index (χ1v) is 12.5. The molecule has 2 heterocycles. The number of hydrogen-bond acceptors (Lipinski definition) is 7. The molecule has 0 aliphatic carbocycles. The van der Waals surface area contributed by atoms with Gasteiger partial charge in [-0.3, -0.25) is 14.9 Å². The number of anilines is 2. The summed E-state index contributed by atoms with van der Waals surface area (Å²) in [4.78, 5) is 26.5. The SMILES string of the molecule is Cc1ccc(N2CC(c3nnc(NC(=O)CS(=O)(=O)c4ccccc4)s3)CC2=O)cc1Cl. The normalized spacial score (nSPS) is 16.4. The van der Waals surface area contributed by atoms with Crippen molar-refractivity contribution in [3.05, 3.63) is 64.1 Å². The summed E-state index contributed by atoms with van der Waals surface area (Å²) in [5.74, 6) is -1.63. The van der Waals surface area contributed by atoms with E-state index in [1.807, 2.05) is 19.1 Å². The molecule has 0 radical (unpaired) electrons. The third kappa shape index (κ3) is 4.82. The topological polar surface area (TPSA) is 109 Å². The minimum atomic E-state index is -3.76. The van der Waals surface area contributed by atoms with E-state index >= 15 is 0 Å². The summed E-state index contributed by atoms with van der Waals surface area (Å²) in [6.07, 6.45) is 0.260. The zero-order valence-corrected chi connectivity index (χ0v) is 19.4. The molecule has 2 amide bonds. The highest BCUT2D eigenvalue weighted by atomic mass is 35.5. The van der Waals surface area contributed by atoms with Crippen LogP contribution in [0.1, 0.15) is 22.9 Å². The van der Waals surface area contributed by atoms with Gasteiger partial charge in [0.25, 0.3) is 0 Å². The smallest absolute Gasteiger partial charge is 0.241 e. The number of amides is 2. The zero-order valence-electron chi connectivity index (χ0n) is 17.0. The first-order valence-electron chi connectivity index (χ1n) is 9.70. The van der Waals surface area contributed by atoms with Crippen LogP contribution in [0.25, 0.3) is 0 Å². The molecule has 1 atom stereocenters. The molecule has 166 valence electrons. The third-order valence-electron chi connectivity index (χ3n) is 5.05. The van der Waals surface area contributed by atoms with Crippen molar-refractivity contribution in [1.82, 2.24) is 10.2 Å². The number of benzene rings is 2. The number of aryl methyl sites for hydroxylation is 1. The second-order valence-corrected chi connectivity index (χ2v) is 10.8. The molecule has 4 rings (SSSR count). The molecule has 2 aromatic carbocycles. The van der Waals surface area contributed by atoms with Crippen LogP contribution in [0.4, 0.5) is 10.8 Å². The van der Waals surface area contributed by atoms with Gasteiger partial charge in [-0.25, -0.2) is 8.42 Å². The van der Waals surface area contributed by atoms with Gasteiger partial charge in [0.1, 0.15) is 10.8 Å². The molecule has 0 saturated carbocycles. The number of carbonyl (C=O) groups is 2. The van der Waals surface area contributed by atoms with E-state index in [1.54, 1.807) is 29.2 Å². The molecule has 0 spiro atoms. The Morgan fingerprint density at radius 3 is 2.69 bits per heavy atom. The molecule has 0 bridgehead atoms. The quantitative estimate of drug-likeness (QED) is 0.567.